The van der Waals surface area contributed by atoms with Gasteiger partial charge in [-0.1, -0.05) is 59.8 Å². The Kier molecular flexibility index (Phi) is 11.7. The quantitative estimate of drug-likeness (QED) is 0.296. The van der Waals surface area contributed by atoms with Crippen molar-refractivity contribution >= 4 is 5.78 Å². The maximum absolute atomic E-state index is 12.2. The van der Waals surface area contributed by atoms with E-state index in [9.17, 15) is 4.79 Å². The summed E-state index contributed by atoms with van der Waals surface area (Å²) in [7, 11) is 0. The van der Waals surface area contributed by atoms with Crippen LogP contribution in [0.2, 0.25) is 0 Å². The Bertz CT molecular complexity index is 585. The Hall–Kier alpha value is -1.16. The van der Waals surface area contributed by atoms with E-state index in [0.29, 0.717) is 17.7 Å². The van der Waals surface area contributed by atoms with Gasteiger partial charge in [0.1, 0.15) is 5.78 Å². The lowest BCUT2D eigenvalue weighted by Gasteiger charge is -2.32. The molecule has 1 unspecified atom stereocenters. The van der Waals surface area contributed by atoms with Crippen molar-refractivity contribution in [2.24, 2.45) is 5.92 Å². The summed E-state index contributed by atoms with van der Waals surface area (Å²) in [5, 5.41) is 4.72. The van der Waals surface area contributed by atoms with Gasteiger partial charge in [-0.25, -0.2) is 0 Å². The van der Waals surface area contributed by atoms with Crippen LogP contribution in [0.15, 0.2) is 12.4 Å². The van der Waals surface area contributed by atoms with E-state index in [4.69, 9.17) is 5.10 Å². The van der Waals surface area contributed by atoms with E-state index in [-0.39, 0.29) is 5.92 Å². The molecule has 0 bridgehead atoms. The molecule has 1 fully saturated rings. The second kappa shape index (κ2) is 14.0. The van der Waals surface area contributed by atoms with Gasteiger partial charge in [0.05, 0.1) is 12.2 Å². The number of Topliss-reactive ketones (excluding diaryl/α,β-unsaturated/α-hetero) is 1. The maximum atomic E-state index is 12.2. The smallest absolute Gasteiger partial charge is 0.136 e. The normalized spacial score (nSPS) is 17.0. The number of ketones is 1. The Morgan fingerprint density at radius 1 is 1.07 bits per heavy atom. The molecule has 1 aliphatic heterocycles. The molecule has 2 rings (SSSR count). The molecule has 1 aromatic rings. The summed E-state index contributed by atoms with van der Waals surface area (Å²) in [5.41, 5.74) is 1.41. The van der Waals surface area contributed by atoms with Gasteiger partial charge in [0.25, 0.3) is 0 Å². The fraction of sp³-hybridized carbons (Fsp3) is 0.846. The lowest BCUT2D eigenvalue weighted by atomic mass is 9.95. The van der Waals surface area contributed by atoms with Crippen molar-refractivity contribution in [3.05, 3.63) is 18.0 Å². The minimum atomic E-state index is 0.281. The van der Waals surface area contributed by atoms with Gasteiger partial charge in [-0.15, -0.1) is 0 Å². The SMILES string of the molecule is CCCCCCCC(C)c1cnn(C2CCN(CCCC(=O)C(CC)CC)CC2)c1. The first-order valence-electron chi connectivity index (χ1n) is 12.9. The molecule has 0 spiro atoms. The molecule has 4 heteroatoms. The molecule has 1 saturated heterocycles. The number of rotatable bonds is 15. The van der Waals surface area contributed by atoms with Crippen molar-refractivity contribution in [2.75, 3.05) is 19.6 Å². The van der Waals surface area contributed by atoms with Gasteiger partial charge >= 0.3 is 0 Å². The average Bonchev–Trinajstić information content (AvgIpc) is 3.25. The Morgan fingerprint density at radius 2 is 1.77 bits per heavy atom. The second-order valence-electron chi connectivity index (χ2n) is 9.51. The Balaban J connectivity index is 1.67. The van der Waals surface area contributed by atoms with Gasteiger partial charge in [-0.2, -0.15) is 5.10 Å². The summed E-state index contributed by atoms with van der Waals surface area (Å²) in [6.45, 7) is 12.2. The largest absolute Gasteiger partial charge is 0.303 e. The fourth-order valence-electron chi connectivity index (χ4n) is 4.86. The molecule has 4 nitrogen and oxygen atoms in total. The van der Waals surface area contributed by atoms with Crippen LogP contribution in [0.1, 0.15) is 122 Å². The molecule has 0 aromatic carbocycles. The minimum Gasteiger partial charge on any atom is -0.303 e. The first-order chi connectivity index (χ1) is 14.6. The molecule has 1 aromatic heterocycles. The van der Waals surface area contributed by atoms with Gasteiger partial charge in [0, 0.05) is 31.6 Å². The molecule has 172 valence electrons. The number of aromatic nitrogens is 2. The van der Waals surface area contributed by atoms with Crippen LogP contribution in [0.4, 0.5) is 0 Å². The highest BCUT2D eigenvalue weighted by molar-refractivity contribution is 5.80. The van der Waals surface area contributed by atoms with Gasteiger partial charge in [-0.05, 0) is 56.6 Å². The van der Waals surface area contributed by atoms with Crippen molar-refractivity contribution in [2.45, 2.75) is 117 Å². The van der Waals surface area contributed by atoms with E-state index < -0.39 is 0 Å². The number of likely N-dealkylation sites (tertiary alicyclic amines) is 1. The highest BCUT2D eigenvalue weighted by Crippen LogP contribution is 2.26. The van der Waals surface area contributed by atoms with Crippen molar-refractivity contribution in [1.29, 1.82) is 0 Å². The molecule has 0 radical (unpaired) electrons. The molecular formula is C26H47N3O. The van der Waals surface area contributed by atoms with E-state index >= 15 is 0 Å². The maximum Gasteiger partial charge on any atom is 0.136 e. The molecule has 0 aliphatic carbocycles. The summed E-state index contributed by atoms with van der Waals surface area (Å²) >= 11 is 0. The topological polar surface area (TPSA) is 38.1 Å². The van der Waals surface area contributed by atoms with E-state index in [2.05, 4.69) is 49.7 Å². The van der Waals surface area contributed by atoms with Gasteiger partial charge in [0.2, 0.25) is 0 Å². The van der Waals surface area contributed by atoms with Crippen molar-refractivity contribution in [1.82, 2.24) is 14.7 Å². The van der Waals surface area contributed by atoms with E-state index in [1.165, 1.54) is 56.9 Å². The monoisotopic (exact) mass is 417 g/mol. The summed E-state index contributed by atoms with van der Waals surface area (Å²) in [5.74, 6) is 1.37. The average molecular weight is 418 g/mol. The third kappa shape index (κ3) is 8.17. The van der Waals surface area contributed by atoms with Crippen LogP contribution in [0.3, 0.4) is 0 Å². The molecule has 0 amide bonds. The van der Waals surface area contributed by atoms with E-state index in [1.807, 2.05) is 0 Å². The predicted octanol–water partition coefficient (Wildman–Crippen LogP) is 6.77. The number of carbonyl (C=O) groups excluding carboxylic acids is 1. The van der Waals surface area contributed by atoms with Crippen LogP contribution < -0.4 is 0 Å². The van der Waals surface area contributed by atoms with Crippen molar-refractivity contribution in [3.63, 3.8) is 0 Å². The van der Waals surface area contributed by atoms with Gasteiger partial charge in [0.15, 0.2) is 0 Å². The highest BCUT2D eigenvalue weighted by Gasteiger charge is 2.22. The van der Waals surface area contributed by atoms with E-state index in [0.717, 1.165) is 45.3 Å². The lowest BCUT2D eigenvalue weighted by Crippen LogP contribution is -2.35. The van der Waals surface area contributed by atoms with E-state index in [1.54, 1.807) is 0 Å². The first kappa shape index (κ1) is 25.1. The number of unbranched alkanes of at least 4 members (excludes halogenated alkanes) is 4. The molecule has 30 heavy (non-hydrogen) atoms. The Labute approximate surface area is 185 Å². The van der Waals surface area contributed by atoms with Crippen molar-refractivity contribution in [3.8, 4) is 0 Å². The number of hydrogen-bond acceptors (Lipinski definition) is 3. The molecule has 1 atom stereocenters. The molecule has 2 heterocycles. The minimum absolute atomic E-state index is 0.281. The number of hydrogen-bond donors (Lipinski definition) is 0. The number of carbonyl (C=O) groups is 1. The van der Waals surface area contributed by atoms with Crippen LogP contribution in [0, 0.1) is 5.92 Å². The highest BCUT2D eigenvalue weighted by atomic mass is 16.1. The lowest BCUT2D eigenvalue weighted by molar-refractivity contribution is -0.123. The van der Waals surface area contributed by atoms with Crippen LogP contribution in [-0.2, 0) is 4.79 Å². The first-order valence-corrected chi connectivity index (χ1v) is 12.9. The molecule has 0 N–H and O–H groups in total. The zero-order chi connectivity index (χ0) is 21.8. The Morgan fingerprint density at radius 3 is 2.43 bits per heavy atom. The molecule has 1 aliphatic rings. The van der Waals surface area contributed by atoms with Crippen LogP contribution in [-0.4, -0.2) is 40.1 Å². The zero-order valence-corrected chi connectivity index (χ0v) is 20.2. The van der Waals surface area contributed by atoms with Crippen LogP contribution in [0.25, 0.3) is 0 Å². The van der Waals surface area contributed by atoms with Gasteiger partial charge in [-0.3, -0.25) is 9.48 Å². The second-order valence-corrected chi connectivity index (χ2v) is 9.51. The van der Waals surface area contributed by atoms with Crippen molar-refractivity contribution < 1.29 is 4.79 Å². The molecule has 0 saturated carbocycles. The van der Waals surface area contributed by atoms with Gasteiger partial charge < -0.3 is 4.90 Å². The summed E-state index contributed by atoms with van der Waals surface area (Å²) in [6.07, 6.45) is 18.6. The summed E-state index contributed by atoms with van der Waals surface area (Å²) < 4.78 is 2.23. The number of piperidine rings is 1. The van der Waals surface area contributed by atoms with Crippen LogP contribution in [0.5, 0.6) is 0 Å². The third-order valence-corrected chi connectivity index (χ3v) is 7.20. The fourth-order valence-corrected chi connectivity index (χ4v) is 4.86. The zero-order valence-electron chi connectivity index (χ0n) is 20.2. The molecular weight excluding hydrogens is 370 g/mol. The number of nitrogens with zero attached hydrogens (tertiary/aromatic N) is 3. The summed E-state index contributed by atoms with van der Waals surface area (Å²) in [6, 6.07) is 0.540. The van der Waals surface area contributed by atoms with Crippen LogP contribution >= 0.6 is 0 Å². The standard InChI is InChI=1S/C26H47N3O/c1-5-8-9-10-11-13-22(4)24-20-27-29(21-24)25-15-18-28(19-16-25)17-12-14-26(30)23(6-2)7-3/h20-23,25H,5-19H2,1-4H3. The predicted molar refractivity (Wildman–Crippen MR) is 127 cm³/mol. The summed E-state index contributed by atoms with van der Waals surface area (Å²) in [4.78, 5) is 14.8. The third-order valence-electron chi connectivity index (χ3n) is 7.20.